The first-order valence-electron chi connectivity index (χ1n) is 7.09. The summed E-state index contributed by atoms with van der Waals surface area (Å²) in [6.45, 7) is 8.58. The summed E-state index contributed by atoms with van der Waals surface area (Å²) in [6, 6.07) is 1.88. The van der Waals surface area contributed by atoms with Crippen LogP contribution in [0.5, 0.6) is 0 Å². The average Bonchev–Trinajstić information content (AvgIpc) is 2.78. The molecule has 0 aromatic carbocycles. The molecule has 0 saturated heterocycles. The van der Waals surface area contributed by atoms with Crippen molar-refractivity contribution in [2.75, 3.05) is 13.1 Å². The number of hydrogen-bond donors (Lipinski definition) is 1. The number of aryl methyl sites for hydroxylation is 1. The molecule has 0 aliphatic rings. The van der Waals surface area contributed by atoms with Crippen LogP contribution in [-0.2, 0) is 16.6 Å². The second-order valence-electron chi connectivity index (χ2n) is 5.21. The third-order valence-corrected chi connectivity index (χ3v) is 4.92. The Bertz CT molecular complexity index is 597. The van der Waals surface area contributed by atoms with Crippen LogP contribution in [0.1, 0.15) is 38.7 Å². The van der Waals surface area contributed by atoms with E-state index in [9.17, 15) is 8.42 Å². The fourth-order valence-electron chi connectivity index (χ4n) is 1.95. The van der Waals surface area contributed by atoms with Crippen LogP contribution >= 0.6 is 0 Å². The molecule has 0 bridgehead atoms. The predicted octanol–water partition coefficient (Wildman–Crippen LogP) is 2.12. The molecule has 0 fully saturated rings. The lowest BCUT2D eigenvalue weighted by Gasteiger charge is -2.18. The molecular formula is C15H24N2O3S. The van der Waals surface area contributed by atoms with Crippen molar-refractivity contribution >= 4 is 10.0 Å². The third-order valence-electron chi connectivity index (χ3n) is 2.97. The molecule has 1 aromatic heterocycles. The first-order chi connectivity index (χ1) is 9.82. The fraction of sp³-hybridized carbons (Fsp3) is 0.600. The highest BCUT2D eigenvalue weighted by Gasteiger charge is 2.27. The van der Waals surface area contributed by atoms with Crippen molar-refractivity contribution in [1.29, 1.82) is 0 Å². The van der Waals surface area contributed by atoms with Gasteiger partial charge in [-0.1, -0.05) is 26.7 Å². The Balaban J connectivity index is 3.04. The first-order valence-corrected chi connectivity index (χ1v) is 8.53. The van der Waals surface area contributed by atoms with E-state index in [1.165, 1.54) is 4.31 Å². The van der Waals surface area contributed by atoms with E-state index in [1.807, 2.05) is 20.8 Å². The minimum Gasteiger partial charge on any atom is -0.464 e. The molecule has 0 unspecified atom stereocenters. The smallest absolute Gasteiger partial charge is 0.247 e. The average molecular weight is 312 g/mol. The molecule has 5 nitrogen and oxygen atoms in total. The number of nitrogens with one attached hydrogen (secondary N) is 1. The summed E-state index contributed by atoms with van der Waals surface area (Å²) in [4.78, 5) is 0.201. The Labute approximate surface area is 127 Å². The van der Waals surface area contributed by atoms with Crippen LogP contribution in [0, 0.1) is 19.3 Å². The van der Waals surface area contributed by atoms with Crippen molar-refractivity contribution in [2.45, 2.75) is 51.6 Å². The highest BCUT2D eigenvalue weighted by atomic mass is 32.2. The highest BCUT2D eigenvalue weighted by molar-refractivity contribution is 7.89. The van der Waals surface area contributed by atoms with E-state index in [0.29, 0.717) is 37.1 Å². The molecule has 0 radical (unpaired) electrons. The molecule has 1 rings (SSSR count). The number of sulfonamides is 1. The number of furan rings is 1. The Morgan fingerprint density at radius 3 is 2.67 bits per heavy atom. The maximum Gasteiger partial charge on any atom is 0.247 e. The van der Waals surface area contributed by atoms with E-state index in [1.54, 1.807) is 13.0 Å². The largest absolute Gasteiger partial charge is 0.464 e. The van der Waals surface area contributed by atoms with Gasteiger partial charge in [-0.25, -0.2) is 8.42 Å². The van der Waals surface area contributed by atoms with Gasteiger partial charge in [-0.3, -0.25) is 0 Å². The van der Waals surface area contributed by atoms with E-state index in [-0.39, 0.29) is 11.4 Å². The van der Waals surface area contributed by atoms with Crippen molar-refractivity contribution < 1.29 is 12.8 Å². The Morgan fingerprint density at radius 2 is 2.14 bits per heavy atom. The molecular weight excluding hydrogens is 288 g/mol. The summed E-state index contributed by atoms with van der Waals surface area (Å²) in [6.07, 6.45) is 5.98. The van der Waals surface area contributed by atoms with Gasteiger partial charge in [0.1, 0.15) is 16.4 Å². The van der Waals surface area contributed by atoms with E-state index in [0.717, 1.165) is 0 Å². The monoisotopic (exact) mass is 312 g/mol. The zero-order chi connectivity index (χ0) is 16.0. The molecule has 0 atom stereocenters. The molecule has 1 heterocycles. The van der Waals surface area contributed by atoms with Gasteiger partial charge in [0.15, 0.2) is 0 Å². The molecule has 0 saturated carbocycles. The highest BCUT2D eigenvalue weighted by Crippen LogP contribution is 2.23. The maximum absolute atomic E-state index is 12.6. The molecule has 21 heavy (non-hydrogen) atoms. The van der Waals surface area contributed by atoms with Crippen LogP contribution in [0.25, 0.3) is 0 Å². The Hall–Kier alpha value is -1.29. The quantitative estimate of drug-likeness (QED) is 0.747. The second kappa shape index (κ2) is 7.64. The Kier molecular flexibility index (Phi) is 6.46. The molecule has 0 spiro atoms. The van der Waals surface area contributed by atoms with Crippen LogP contribution in [-0.4, -0.2) is 31.9 Å². The summed E-state index contributed by atoms with van der Waals surface area (Å²) in [5, 5.41) is 3.20. The zero-order valence-corrected chi connectivity index (χ0v) is 14.0. The fourth-order valence-corrected chi connectivity index (χ4v) is 3.58. The summed E-state index contributed by atoms with van der Waals surface area (Å²) in [5.41, 5.74) is 0. The van der Waals surface area contributed by atoms with Crippen LogP contribution < -0.4 is 5.32 Å². The molecule has 6 heteroatoms. The standard InChI is InChI=1S/C15H24N2O3S/c1-6-8-17(9-7-2)21(18,19)15-10-14(20-13(15)5)11-16-12(3)4/h1,10,12,16H,7-9,11H2,2-5H3. The predicted molar refractivity (Wildman–Crippen MR) is 83.3 cm³/mol. The minimum absolute atomic E-state index is 0.0698. The van der Waals surface area contributed by atoms with Gasteiger partial charge in [0.05, 0.1) is 13.1 Å². The van der Waals surface area contributed by atoms with Crippen molar-refractivity contribution in [1.82, 2.24) is 9.62 Å². The molecule has 1 N–H and O–H groups in total. The van der Waals surface area contributed by atoms with Gasteiger partial charge in [0.25, 0.3) is 0 Å². The van der Waals surface area contributed by atoms with Crippen molar-refractivity contribution in [3.05, 3.63) is 17.6 Å². The maximum atomic E-state index is 12.6. The number of hydrogen-bond acceptors (Lipinski definition) is 4. The van der Waals surface area contributed by atoms with Gasteiger partial charge in [-0.05, 0) is 13.3 Å². The van der Waals surface area contributed by atoms with Gasteiger partial charge in [-0.15, -0.1) is 6.42 Å². The van der Waals surface area contributed by atoms with Crippen LogP contribution in [0.15, 0.2) is 15.4 Å². The molecule has 0 amide bonds. The van der Waals surface area contributed by atoms with Gasteiger partial charge in [0, 0.05) is 18.7 Å². The lowest BCUT2D eigenvalue weighted by Crippen LogP contribution is -2.32. The van der Waals surface area contributed by atoms with Crippen molar-refractivity contribution in [3.8, 4) is 12.3 Å². The number of nitrogens with zero attached hydrogens (tertiary/aromatic N) is 1. The lowest BCUT2D eigenvalue weighted by molar-refractivity contribution is 0.433. The van der Waals surface area contributed by atoms with Crippen LogP contribution in [0.4, 0.5) is 0 Å². The summed E-state index contributed by atoms with van der Waals surface area (Å²) < 4.78 is 32.1. The molecule has 1 aromatic rings. The molecule has 118 valence electrons. The topological polar surface area (TPSA) is 62.6 Å². The summed E-state index contributed by atoms with van der Waals surface area (Å²) >= 11 is 0. The third kappa shape index (κ3) is 4.60. The normalized spacial score (nSPS) is 12.0. The SMILES string of the molecule is C#CCN(CCC)S(=O)(=O)c1cc(CNC(C)C)oc1C. The Morgan fingerprint density at radius 1 is 1.48 bits per heavy atom. The first kappa shape index (κ1) is 17.8. The van der Waals surface area contributed by atoms with Crippen LogP contribution in [0.2, 0.25) is 0 Å². The zero-order valence-electron chi connectivity index (χ0n) is 13.1. The molecule has 0 aliphatic carbocycles. The van der Waals surface area contributed by atoms with Crippen molar-refractivity contribution in [3.63, 3.8) is 0 Å². The van der Waals surface area contributed by atoms with E-state index in [2.05, 4.69) is 11.2 Å². The minimum atomic E-state index is -3.60. The van der Waals surface area contributed by atoms with E-state index in [4.69, 9.17) is 10.8 Å². The van der Waals surface area contributed by atoms with E-state index < -0.39 is 10.0 Å². The molecule has 0 aliphatic heterocycles. The second-order valence-corrected chi connectivity index (χ2v) is 7.12. The van der Waals surface area contributed by atoms with Gasteiger partial charge in [-0.2, -0.15) is 4.31 Å². The van der Waals surface area contributed by atoms with Crippen LogP contribution in [0.3, 0.4) is 0 Å². The number of rotatable bonds is 8. The van der Waals surface area contributed by atoms with Gasteiger partial charge < -0.3 is 9.73 Å². The van der Waals surface area contributed by atoms with Gasteiger partial charge >= 0.3 is 0 Å². The lowest BCUT2D eigenvalue weighted by atomic mass is 10.3. The van der Waals surface area contributed by atoms with E-state index >= 15 is 0 Å². The van der Waals surface area contributed by atoms with Crippen molar-refractivity contribution in [2.24, 2.45) is 0 Å². The summed E-state index contributed by atoms with van der Waals surface area (Å²) in [7, 11) is -3.60. The summed E-state index contributed by atoms with van der Waals surface area (Å²) in [5.74, 6) is 3.40. The number of terminal acetylenes is 1. The van der Waals surface area contributed by atoms with Gasteiger partial charge in [0.2, 0.25) is 10.0 Å².